The Labute approximate surface area is 220 Å². The molecule has 5 rings (SSSR count). The lowest BCUT2D eigenvalue weighted by Crippen LogP contribution is -2.52. The number of urea groups is 1. The first-order chi connectivity index (χ1) is 17.0. The number of likely N-dealkylation sites (tertiary alicyclic amines) is 1. The highest BCUT2D eigenvalue weighted by Gasteiger charge is 2.39. The minimum atomic E-state index is 0. The zero-order valence-electron chi connectivity index (χ0n) is 21.6. The number of amides is 2. The summed E-state index contributed by atoms with van der Waals surface area (Å²) in [5.74, 6) is 1.20. The standard InChI is InChI=1S/C29H38N4O2.ClH/c1-32(2)29(22-9-5-4-6-10-22)15-13-23(14-16-29)31-28(34)33-17-7-8-21(20-33)26-19-30-27-12-11-24(35-3)18-25(26)27;/h4-6,9-12,18-19,21,23,30H,7-8,13-17,20H2,1-3H3,(H,31,34);1H. The number of hydrogen-bond acceptors (Lipinski definition) is 3. The molecule has 7 heteroatoms. The molecule has 0 radical (unpaired) electrons. The largest absolute Gasteiger partial charge is 0.497 e. The van der Waals surface area contributed by atoms with Gasteiger partial charge in [0.25, 0.3) is 0 Å². The Hall–Kier alpha value is -2.70. The van der Waals surface area contributed by atoms with Gasteiger partial charge in [-0.05, 0) is 81.9 Å². The molecule has 1 saturated heterocycles. The summed E-state index contributed by atoms with van der Waals surface area (Å²) in [4.78, 5) is 21.1. The number of nitrogens with zero attached hydrogens (tertiary/aromatic N) is 2. The highest BCUT2D eigenvalue weighted by molar-refractivity contribution is 5.86. The number of halogens is 1. The van der Waals surface area contributed by atoms with E-state index in [1.54, 1.807) is 7.11 Å². The van der Waals surface area contributed by atoms with Crippen molar-refractivity contribution in [3.8, 4) is 5.75 Å². The monoisotopic (exact) mass is 510 g/mol. The fraction of sp³-hybridized carbons (Fsp3) is 0.483. The molecule has 1 aliphatic heterocycles. The third-order valence-electron chi connectivity index (χ3n) is 8.38. The Morgan fingerprint density at radius 3 is 2.56 bits per heavy atom. The van der Waals surface area contributed by atoms with Gasteiger partial charge in [-0.25, -0.2) is 4.79 Å². The predicted molar refractivity (Wildman–Crippen MR) is 148 cm³/mol. The molecule has 1 saturated carbocycles. The van der Waals surface area contributed by atoms with Gasteiger partial charge in [-0.2, -0.15) is 0 Å². The van der Waals surface area contributed by atoms with Crippen LogP contribution in [0.15, 0.2) is 54.7 Å². The van der Waals surface area contributed by atoms with E-state index in [-0.39, 0.29) is 30.0 Å². The van der Waals surface area contributed by atoms with Crippen molar-refractivity contribution in [2.24, 2.45) is 0 Å². The van der Waals surface area contributed by atoms with Gasteiger partial charge in [0.15, 0.2) is 0 Å². The van der Waals surface area contributed by atoms with Crippen LogP contribution < -0.4 is 10.1 Å². The predicted octanol–water partition coefficient (Wildman–Crippen LogP) is 5.89. The molecule has 2 heterocycles. The van der Waals surface area contributed by atoms with Gasteiger partial charge in [0.2, 0.25) is 0 Å². The minimum Gasteiger partial charge on any atom is -0.497 e. The van der Waals surface area contributed by atoms with E-state index < -0.39 is 0 Å². The van der Waals surface area contributed by atoms with Gasteiger partial charge < -0.3 is 19.9 Å². The summed E-state index contributed by atoms with van der Waals surface area (Å²) >= 11 is 0. The second kappa shape index (κ2) is 11.1. The number of carbonyl (C=O) groups is 1. The molecule has 0 bridgehead atoms. The summed E-state index contributed by atoms with van der Waals surface area (Å²) in [7, 11) is 6.06. The Bertz CT molecular complexity index is 1150. The molecule has 1 atom stereocenters. The zero-order valence-corrected chi connectivity index (χ0v) is 22.4. The number of nitrogens with one attached hydrogen (secondary N) is 2. The van der Waals surface area contributed by atoms with Gasteiger partial charge in [0.1, 0.15) is 5.75 Å². The summed E-state index contributed by atoms with van der Waals surface area (Å²) in [5, 5.41) is 4.58. The number of ether oxygens (including phenoxy) is 1. The van der Waals surface area contributed by atoms with Crippen LogP contribution in [0.2, 0.25) is 0 Å². The molecule has 194 valence electrons. The maximum atomic E-state index is 13.3. The highest BCUT2D eigenvalue weighted by Crippen LogP contribution is 2.41. The lowest BCUT2D eigenvalue weighted by Gasteiger charge is -2.46. The molecule has 0 spiro atoms. The van der Waals surface area contributed by atoms with Crippen LogP contribution in [0, 0.1) is 0 Å². The molecule has 1 aliphatic carbocycles. The molecule has 2 fully saturated rings. The van der Waals surface area contributed by atoms with Crippen LogP contribution in [0.5, 0.6) is 5.75 Å². The van der Waals surface area contributed by atoms with Gasteiger partial charge in [0, 0.05) is 47.7 Å². The van der Waals surface area contributed by atoms with Crippen molar-refractivity contribution < 1.29 is 9.53 Å². The fourth-order valence-electron chi connectivity index (χ4n) is 6.25. The number of hydrogen-bond donors (Lipinski definition) is 2. The van der Waals surface area contributed by atoms with E-state index in [0.29, 0.717) is 5.92 Å². The quantitative estimate of drug-likeness (QED) is 0.450. The summed E-state index contributed by atoms with van der Waals surface area (Å²) in [6.07, 6.45) is 8.33. The average molecular weight is 511 g/mol. The Balaban J connectivity index is 0.00000304. The van der Waals surface area contributed by atoms with Crippen molar-refractivity contribution in [2.75, 3.05) is 34.3 Å². The van der Waals surface area contributed by atoms with Gasteiger partial charge in [-0.3, -0.25) is 4.90 Å². The van der Waals surface area contributed by atoms with Crippen LogP contribution in [0.3, 0.4) is 0 Å². The smallest absolute Gasteiger partial charge is 0.317 e. The molecule has 1 unspecified atom stereocenters. The number of benzene rings is 2. The van der Waals surface area contributed by atoms with Crippen LogP contribution >= 0.6 is 12.4 Å². The van der Waals surface area contributed by atoms with E-state index in [1.807, 2.05) is 11.0 Å². The number of aromatic amines is 1. The van der Waals surface area contributed by atoms with E-state index in [1.165, 1.54) is 16.5 Å². The van der Waals surface area contributed by atoms with Gasteiger partial charge in [0.05, 0.1) is 7.11 Å². The van der Waals surface area contributed by atoms with Gasteiger partial charge >= 0.3 is 6.03 Å². The number of methoxy groups -OCH3 is 1. The second-order valence-electron chi connectivity index (χ2n) is 10.5. The van der Waals surface area contributed by atoms with Crippen molar-refractivity contribution in [3.63, 3.8) is 0 Å². The van der Waals surface area contributed by atoms with Crippen LogP contribution in [0.1, 0.15) is 55.6 Å². The topological polar surface area (TPSA) is 60.6 Å². The summed E-state index contributed by atoms with van der Waals surface area (Å²) < 4.78 is 5.44. The van der Waals surface area contributed by atoms with E-state index in [9.17, 15) is 4.79 Å². The van der Waals surface area contributed by atoms with Crippen LogP contribution in [-0.2, 0) is 5.54 Å². The second-order valence-corrected chi connectivity index (χ2v) is 10.5. The maximum absolute atomic E-state index is 13.3. The van der Waals surface area contributed by atoms with E-state index >= 15 is 0 Å². The van der Waals surface area contributed by atoms with Crippen molar-refractivity contribution in [3.05, 3.63) is 65.9 Å². The summed E-state index contributed by atoms with van der Waals surface area (Å²) in [6.45, 7) is 1.58. The number of rotatable bonds is 5. The number of piperidine rings is 1. The first-order valence-electron chi connectivity index (χ1n) is 12.9. The Kier molecular flexibility index (Phi) is 8.16. The van der Waals surface area contributed by atoms with E-state index in [4.69, 9.17) is 4.74 Å². The molecule has 2 aromatic carbocycles. The number of carbonyl (C=O) groups excluding carboxylic acids is 1. The number of fused-ring (bicyclic) bond motifs is 1. The van der Waals surface area contributed by atoms with Crippen molar-refractivity contribution in [1.29, 1.82) is 0 Å². The van der Waals surface area contributed by atoms with Crippen LogP contribution in [0.25, 0.3) is 10.9 Å². The molecule has 2 aliphatic rings. The molecular weight excluding hydrogens is 472 g/mol. The molecule has 2 amide bonds. The molecule has 3 aromatic rings. The normalized spacial score (nSPS) is 24.4. The van der Waals surface area contributed by atoms with Crippen LogP contribution in [-0.4, -0.2) is 61.2 Å². The SMILES string of the molecule is COc1ccc2[nH]cc(C3CCCN(C(=O)NC4CCC(c5ccccc5)(N(C)C)CC4)C3)c2c1.Cl. The van der Waals surface area contributed by atoms with Crippen molar-refractivity contribution >= 4 is 29.3 Å². The number of H-pyrrole nitrogens is 1. The van der Waals surface area contributed by atoms with E-state index in [2.05, 4.69) is 78.0 Å². The molecular formula is C29H39ClN4O2. The van der Waals surface area contributed by atoms with Gasteiger partial charge in [-0.15, -0.1) is 12.4 Å². The van der Waals surface area contributed by atoms with E-state index in [0.717, 1.165) is 62.9 Å². The lowest BCUT2D eigenvalue weighted by atomic mass is 9.74. The first kappa shape index (κ1) is 26.4. The summed E-state index contributed by atoms with van der Waals surface area (Å²) in [6, 6.07) is 17.3. The van der Waals surface area contributed by atoms with Crippen molar-refractivity contribution in [1.82, 2.24) is 20.1 Å². The molecule has 6 nitrogen and oxygen atoms in total. The minimum absolute atomic E-state index is 0. The van der Waals surface area contributed by atoms with Gasteiger partial charge in [-0.1, -0.05) is 30.3 Å². The molecule has 1 aromatic heterocycles. The molecule has 2 N–H and O–H groups in total. The Morgan fingerprint density at radius 1 is 1.11 bits per heavy atom. The maximum Gasteiger partial charge on any atom is 0.317 e. The molecule has 36 heavy (non-hydrogen) atoms. The third-order valence-corrected chi connectivity index (χ3v) is 8.38. The summed E-state index contributed by atoms with van der Waals surface area (Å²) in [5.41, 5.74) is 3.83. The Morgan fingerprint density at radius 2 is 1.86 bits per heavy atom. The van der Waals surface area contributed by atoms with Crippen molar-refractivity contribution in [2.45, 2.75) is 56.0 Å². The number of aromatic nitrogens is 1. The highest BCUT2D eigenvalue weighted by atomic mass is 35.5. The zero-order chi connectivity index (χ0) is 24.4. The average Bonchev–Trinajstić information content (AvgIpc) is 3.33. The third kappa shape index (κ3) is 5.07. The van der Waals surface area contributed by atoms with Crippen LogP contribution in [0.4, 0.5) is 4.79 Å². The lowest BCUT2D eigenvalue weighted by molar-refractivity contribution is 0.0848. The first-order valence-corrected chi connectivity index (χ1v) is 12.9. The fourth-order valence-corrected chi connectivity index (χ4v) is 6.25.